The Bertz CT molecular complexity index is 2140. The molecule has 0 amide bonds. The molecule has 292 valence electrons. The van der Waals surface area contributed by atoms with Crippen molar-refractivity contribution in [1.29, 1.82) is 0 Å². The van der Waals surface area contributed by atoms with Crippen LogP contribution in [0.15, 0.2) is 286 Å². The van der Waals surface area contributed by atoms with Gasteiger partial charge in [0.15, 0.2) is 0 Å². The molecule has 0 saturated heterocycles. The maximum absolute atomic E-state index is 2.31. The van der Waals surface area contributed by atoms with Crippen LogP contribution >= 0.6 is 0 Å². The van der Waals surface area contributed by atoms with Crippen LogP contribution in [0.5, 0.6) is 0 Å². The molecule has 10 rings (SSSR count). The Labute approximate surface area is 375 Å². The van der Waals surface area contributed by atoms with Gasteiger partial charge in [-0.3, -0.25) is 0 Å². The third-order valence-electron chi connectivity index (χ3n) is 12.3. The SMILES string of the molecule is C1=CC[C]([Zr+2][C]2=CC=CC2)=C1.c1ccc([B-](c2ccccc2)(c2ccccc2)c2ccccc2)cc1.c1ccc([B-](c2ccccc2)(c2ccccc2)c2ccccc2)cc1. The first-order valence-electron chi connectivity index (χ1n) is 21.5. The quantitative estimate of drug-likeness (QED) is 0.121. The summed E-state index contributed by atoms with van der Waals surface area (Å²) in [6.45, 7) is 0. The summed E-state index contributed by atoms with van der Waals surface area (Å²) in [5.41, 5.74) is 10.7. The molecule has 0 unspecified atom stereocenters. The van der Waals surface area contributed by atoms with E-state index >= 15 is 0 Å². The van der Waals surface area contributed by atoms with Crippen LogP contribution in [-0.2, 0) is 23.2 Å². The van der Waals surface area contributed by atoms with Crippen molar-refractivity contribution in [3.05, 3.63) is 286 Å². The van der Waals surface area contributed by atoms with Crippen LogP contribution in [-0.4, -0.2) is 12.3 Å². The van der Waals surface area contributed by atoms with Crippen molar-refractivity contribution in [3.63, 3.8) is 0 Å². The predicted molar refractivity (Wildman–Crippen MR) is 264 cm³/mol. The molecule has 0 saturated carbocycles. The zero-order valence-corrected chi connectivity index (χ0v) is 37.1. The van der Waals surface area contributed by atoms with Gasteiger partial charge in [-0.25, -0.2) is 0 Å². The van der Waals surface area contributed by atoms with E-state index < -0.39 is 12.3 Å². The molecule has 0 heterocycles. The first-order valence-corrected chi connectivity index (χ1v) is 24.0. The molecule has 0 spiro atoms. The van der Waals surface area contributed by atoms with Gasteiger partial charge in [-0.05, 0) is 0 Å². The number of rotatable bonds is 10. The van der Waals surface area contributed by atoms with E-state index in [9.17, 15) is 0 Å². The largest absolute Gasteiger partial charge is 0.195 e. The molecule has 0 aliphatic heterocycles. The topological polar surface area (TPSA) is 0 Å². The Morgan fingerprint density at radius 3 is 0.574 bits per heavy atom. The maximum Gasteiger partial charge on any atom is 0.108 e. The number of benzene rings is 8. The predicted octanol–water partition coefficient (Wildman–Crippen LogP) is 8.88. The summed E-state index contributed by atoms with van der Waals surface area (Å²) in [5, 5.41) is 0. The van der Waals surface area contributed by atoms with Gasteiger partial charge in [0.05, 0.1) is 0 Å². The molecule has 3 heteroatoms. The minimum absolute atomic E-state index is 0.312. The van der Waals surface area contributed by atoms with Gasteiger partial charge in [0.1, 0.15) is 12.3 Å². The second-order valence-electron chi connectivity index (χ2n) is 15.8. The minimum Gasteiger partial charge on any atom is -0.195 e. The van der Waals surface area contributed by atoms with Gasteiger partial charge in [0, 0.05) is 0 Å². The van der Waals surface area contributed by atoms with Gasteiger partial charge in [-0.1, -0.05) is 243 Å². The maximum atomic E-state index is 2.31. The molecular formula is C58H50B2Zr. The zero-order valence-electron chi connectivity index (χ0n) is 34.6. The van der Waals surface area contributed by atoms with E-state index in [0.29, 0.717) is 0 Å². The van der Waals surface area contributed by atoms with Crippen LogP contribution in [0.2, 0.25) is 0 Å². The van der Waals surface area contributed by atoms with E-state index in [4.69, 9.17) is 0 Å². The summed E-state index contributed by atoms with van der Waals surface area (Å²) >= 11 is -0.312. The molecule has 2 aliphatic rings. The molecule has 0 radical (unpaired) electrons. The van der Waals surface area contributed by atoms with Crippen molar-refractivity contribution < 1.29 is 23.2 Å². The normalized spacial score (nSPS) is 12.8. The van der Waals surface area contributed by atoms with E-state index in [0.717, 1.165) is 0 Å². The van der Waals surface area contributed by atoms with Crippen molar-refractivity contribution in [3.8, 4) is 0 Å². The van der Waals surface area contributed by atoms with Crippen LogP contribution in [0.25, 0.3) is 0 Å². The van der Waals surface area contributed by atoms with Gasteiger partial charge in [0.25, 0.3) is 0 Å². The Hall–Kier alpha value is -6.27. The summed E-state index contributed by atoms with van der Waals surface area (Å²) in [5.74, 6) is 0. The van der Waals surface area contributed by atoms with Crippen molar-refractivity contribution >= 4 is 56.0 Å². The fourth-order valence-electron chi connectivity index (χ4n) is 9.53. The van der Waals surface area contributed by atoms with Gasteiger partial charge in [-0.15, -0.1) is 0 Å². The van der Waals surface area contributed by atoms with Crippen LogP contribution in [0.1, 0.15) is 12.8 Å². The number of hydrogen-bond acceptors (Lipinski definition) is 0. The summed E-state index contributed by atoms with van der Waals surface area (Å²) in [7, 11) is 0. The van der Waals surface area contributed by atoms with Crippen molar-refractivity contribution in [2.75, 3.05) is 0 Å². The molecule has 0 fully saturated rings. The molecule has 0 aromatic heterocycles. The van der Waals surface area contributed by atoms with Gasteiger partial charge >= 0.3 is 79.1 Å². The monoisotopic (exact) mass is 858 g/mol. The summed E-state index contributed by atoms with van der Waals surface area (Å²) in [4.78, 5) is 0. The van der Waals surface area contributed by atoms with Crippen LogP contribution in [0.3, 0.4) is 0 Å². The summed E-state index contributed by atoms with van der Waals surface area (Å²) in [6.07, 6.45) is 13.6. The first kappa shape index (κ1) is 41.5. The molecule has 0 nitrogen and oxygen atoms in total. The molecule has 61 heavy (non-hydrogen) atoms. The van der Waals surface area contributed by atoms with Crippen molar-refractivity contribution in [2.24, 2.45) is 0 Å². The number of hydrogen-bond donors (Lipinski definition) is 0. The van der Waals surface area contributed by atoms with Crippen LogP contribution in [0.4, 0.5) is 0 Å². The molecule has 0 N–H and O–H groups in total. The third-order valence-corrected chi connectivity index (χ3v) is 15.7. The summed E-state index contributed by atoms with van der Waals surface area (Å²) in [6, 6.07) is 87.1. The van der Waals surface area contributed by atoms with Crippen molar-refractivity contribution in [1.82, 2.24) is 0 Å². The van der Waals surface area contributed by atoms with E-state index in [1.54, 1.807) is 6.56 Å². The fraction of sp³-hybridized carbons (Fsp3) is 0.0345. The first-order chi connectivity index (χ1) is 30.3. The summed E-state index contributed by atoms with van der Waals surface area (Å²) < 4.78 is 3.45. The van der Waals surface area contributed by atoms with Crippen molar-refractivity contribution in [2.45, 2.75) is 12.8 Å². The molecule has 8 aromatic rings. The van der Waals surface area contributed by atoms with Gasteiger partial charge < -0.3 is 0 Å². The average Bonchev–Trinajstić information content (AvgIpc) is 4.08. The molecule has 0 atom stereocenters. The molecule has 2 aliphatic carbocycles. The molecule has 0 bridgehead atoms. The van der Waals surface area contributed by atoms with Gasteiger partial charge in [-0.2, -0.15) is 43.7 Å². The Balaban J connectivity index is 0.000000136. The van der Waals surface area contributed by atoms with E-state index in [-0.39, 0.29) is 23.2 Å². The minimum atomic E-state index is -1.22. The second kappa shape index (κ2) is 20.8. The zero-order chi connectivity index (χ0) is 41.4. The molecule has 8 aromatic carbocycles. The Morgan fingerprint density at radius 2 is 0.426 bits per heavy atom. The average molecular weight is 860 g/mol. The third kappa shape index (κ3) is 9.39. The standard InChI is InChI=1S/2C24H20B.2C5H5.Zr/c2*1-5-13-21(14-6-1)25(22-15-7-2-8-16-22,23-17-9-3-10-18-23)24-19-11-4-12-20-24;2*1-2-4-5-3-1;/h2*1-20H;2*1-3H,4H2;/q2*-1;;;+2. The van der Waals surface area contributed by atoms with E-state index in [1.807, 2.05) is 0 Å². The van der Waals surface area contributed by atoms with Gasteiger partial charge in [0.2, 0.25) is 0 Å². The molecular weight excluding hydrogens is 809 g/mol. The van der Waals surface area contributed by atoms with E-state index in [1.165, 1.54) is 56.5 Å². The van der Waals surface area contributed by atoms with Crippen LogP contribution < -0.4 is 43.7 Å². The smallest absolute Gasteiger partial charge is 0.108 e. The number of allylic oxidation sites excluding steroid dienone is 8. The van der Waals surface area contributed by atoms with E-state index in [2.05, 4.69) is 279 Å². The fourth-order valence-corrected chi connectivity index (χ4v) is 12.5. The second-order valence-corrected chi connectivity index (χ2v) is 19.6. The Kier molecular flexibility index (Phi) is 14.1. The van der Waals surface area contributed by atoms with Crippen LogP contribution in [0, 0.1) is 0 Å². The Morgan fingerprint density at radius 1 is 0.246 bits per heavy atom.